The van der Waals surface area contributed by atoms with Gasteiger partial charge in [-0.1, -0.05) is 18.2 Å². The van der Waals surface area contributed by atoms with Gasteiger partial charge in [-0.25, -0.2) is 4.39 Å². The minimum absolute atomic E-state index is 0.141. The van der Waals surface area contributed by atoms with Crippen LogP contribution in [0.1, 0.15) is 24.2 Å². The minimum atomic E-state index is -0.369. The van der Waals surface area contributed by atoms with E-state index in [4.69, 9.17) is 0 Å². The Morgan fingerprint density at radius 2 is 1.47 bits per heavy atom. The number of hydrogen-bond donors (Lipinski definition) is 0. The predicted molar refractivity (Wildman–Crippen MR) is 125 cm³/mol. The highest BCUT2D eigenvalue weighted by Crippen LogP contribution is 2.23. The molecule has 0 saturated carbocycles. The van der Waals surface area contributed by atoms with Crippen molar-refractivity contribution < 1.29 is 14.0 Å². The predicted octanol–water partition coefficient (Wildman–Crippen LogP) is 2.89. The van der Waals surface area contributed by atoms with E-state index in [0.717, 1.165) is 26.2 Å². The van der Waals surface area contributed by atoms with Crippen LogP contribution in [0.3, 0.4) is 0 Å². The average Bonchev–Trinajstić information content (AvgIpc) is 2.84. The second-order valence-corrected chi connectivity index (χ2v) is 8.57. The minimum Gasteiger partial charge on any atom is -0.368 e. The number of Topliss-reactive ketones (excluding diaryl/α,β-unsaturated/α-hetero) is 1. The molecule has 2 heterocycles. The number of rotatable bonds is 5. The number of hydrogen-bond acceptors (Lipinski definition) is 5. The number of benzene rings is 2. The lowest BCUT2D eigenvalue weighted by Crippen LogP contribution is -2.57. The van der Waals surface area contributed by atoms with Gasteiger partial charge in [0.05, 0.1) is 11.7 Å². The Morgan fingerprint density at radius 3 is 2.06 bits per heavy atom. The quantitative estimate of drug-likeness (QED) is 0.672. The van der Waals surface area contributed by atoms with Crippen LogP contribution in [0.5, 0.6) is 0 Å². The van der Waals surface area contributed by atoms with Crippen LogP contribution >= 0.6 is 0 Å². The zero-order chi connectivity index (χ0) is 22.7. The third-order valence-electron chi connectivity index (χ3n) is 6.63. The summed E-state index contributed by atoms with van der Waals surface area (Å²) in [7, 11) is 0. The second kappa shape index (κ2) is 9.69. The van der Waals surface area contributed by atoms with Crippen molar-refractivity contribution in [3.8, 4) is 0 Å². The second-order valence-electron chi connectivity index (χ2n) is 8.57. The third kappa shape index (κ3) is 4.78. The summed E-state index contributed by atoms with van der Waals surface area (Å²) in [5.41, 5.74) is 2.11. The molecule has 1 unspecified atom stereocenters. The van der Waals surface area contributed by atoms with E-state index in [1.165, 1.54) is 18.7 Å². The van der Waals surface area contributed by atoms with Gasteiger partial charge in [-0.2, -0.15) is 0 Å². The van der Waals surface area contributed by atoms with Crippen LogP contribution in [0.25, 0.3) is 0 Å². The topological polar surface area (TPSA) is 47.1 Å². The molecule has 0 aliphatic carbocycles. The Labute approximate surface area is 189 Å². The molecule has 0 aromatic heterocycles. The third-order valence-corrected chi connectivity index (χ3v) is 6.63. The van der Waals surface area contributed by atoms with Crippen LogP contribution in [0, 0.1) is 5.82 Å². The number of anilines is 2. The summed E-state index contributed by atoms with van der Waals surface area (Å²) in [6, 6.07) is 14.8. The van der Waals surface area contributed by atoms with Gasteiger partial charge in [-0.3, -0.25) is 14.5 Å². The zero-order valence-electron chi connectivity index (χ0n) is 18.8. The van der Waals surface area contributed by atoms with Crippen LogP contribution in [0.4, 0.5) is 15.8 Å². The Hall–Kier alpha value is -2.93. The average molecular weight is 439 g/mol. The molecule has 0 bridgehead atoms. The highest BCUT2D eigenvalue weighted by molar-refractivity contribution is 5.94. The molecule has 4 rings (SSSR count). The van der Waals surface area contributed by atoms with Crippen molar-refractivity contribution in [2.24, 2.45) is 0 Å². The summed E-state index contributed by atoms with van der Waals surface area (Å²) in [6.07, 6.45) is 0. The van der Waals surface area contributed by atoms with Gasteiger partial charge in [-0.15, -0.1) is 0 Å². The lowest BCUT2D eigenvalue weighted by atomic mass is 10.1. The van der Waals surface area contributed by atoms with E-state index in [1.807, 2.05) is 34.9 Å². The van der Waals surface area contributed by atoms with Gasteiger partial charge in [-0.05, 0) is 44.2 Å². The van der Waals surface area contributed by atoms with Gasteiger partial charge in [0.15, 0.2) is 5.78 Å². The summed E-state index contributed by atoms with van der Waals surface area (Å²) < 4.78 is 14.5. The first kappa shape index (κ1) is 22.3. The van der Waals surface area contributed by atoms with Crippen molar-refractivity contribution in [3.05, 3.63) is 59.9 Å². The van der Waals surface area contributed by atoms with E-state index < -0.39 is 0 Å². The molecule has 2 aromatic rings. The molecule has 7 heteroatoms. The van der Waals surface area contributed by atoms with Gasteiger partial charge in [0.1, 0.15) is 5.82 Å². The molecule has 6 nitrogen and oxygen atoms in total. The normalized spacial score (nSPS) is 18.5. The van der Waals surface area contributed by atoms with Gasteiger partial charge < -0.3 is 14.7 Å². The lowest BCUT2D eigenvalue weighted by molar-refractivity contribution is -0.136. The fourth-order valence-corrected chi connectivity index (χ4v) is 4.58. The number of piperazine rings is 2. The van der Waals surface area contributed by atoms with Crippen LogP contribution in [-0.2, 0) is 4.79 Å². The first-order valence-electron chi connectivity index (χ1n) is 11.3. The van der Waals surface area contributed by atoms with Gasteiger partial charge >= 0.3 is 0 Å². The number of carbonyl (C=O) groups is 2. The maximum atomic E-state index is 14.5. The molecule has 2 saturated heterocycles. The molecular weight excluding hydrogens is 407 g/mol. The number of amides is 1. The number of halogens is 1. The summed E-state index contributed by atoms with van der Waals surface area (Å²) in [5.74, 6) is -0.341. The Kier molecular flexibility index (Phi) is 6.74. The fourth-order valence-electron chi connectivity index (χ4n) is 4.58. The molecule has 2 aliphatic rings. The van der Waals surface area contributed by atoms with Crippen molar-refractivity contribution in [3.63, 3.8) is 0 Å². The number of nitrogens with zero attached hydrogens (tertiary/aromatic N) is 4. The number of ketones is 1. The van der Waals surface area contributed by atoms with Crippen LogP contribution in [0.15, 0.2) is 48.5 Å². The lowest BCUT2D eigenvalue weighted by Gasteiger charge is -2.42. The number of carbonyl (C=O) groups excluding carboxylic acids is 2. The molecule has 0 spiro atoms. The van der Waals surface area contributed by atoms with E-state index in [2.05, 4.69) is 21.9 Å². The van der Waals surface area contributed by atoms with E-state index in [-0.39, 0.29) is 23.5 Å². The molecule has 0 radical (unpaired) electrons. The Bertz CT molecular complexity index is 952. The molecule has 0 N–H and O–H groups in total. The number of para-hydroxylation sites is 1. The van der Waals surface area contributed by atoms with E-state index in [9.17, 15) is 14.0 Å². The van der Waals surface area contributed by atoms with E-state index in [1.54, 1.807) is 12.1 Å². The molecule has 32 heavy (non-hydrogen) atoms. The van der Waals surface area contributed by atoms with Crippen LogP contribution < -0.4 is 9.80 Å². The molecule has 2 fully saturated rings. The van der Waals surface area contributed by atoms with Crippen molar-refractivity contribution in [2.45, 2.75) is 19.9 Å². The standard InChI is InChI=1S/C25H31FN4O2/c1-19(25(32)30-16-12-28(13-17-30)22-6-4-3-5-7-22)27-10-14-29(15-11-27)24-9-8-21(20(2)31)18-23(24)26/h3-9,18-19H,10-17H2,1-2H3. The first-order valence-corrected chi connectivity index (χ1v) is 11.3. The molecule has 2 aliphatic heterocycles. The van der Waals surface area contributed by atoms with Crippen molar-refractivity contribution in [1.82, 2.24) is 9.80 Å². The zero-order valence-corrected chi connectivity index (χ0v) is 18.8. The van der Waals surface area contributed by atoms with Gasteiger partial charge in [0.2, 0.25) is 5.91 Å². The van der Waals surface area contributed by atoms with Crippen LogP contribution in [-0.4, -0.2) is 79.9 Å². The fraction of sp³-hybridized carbons (Fsp3) is 0.440. The largest absolute Gasteiger partial charge is 0.368 e. The molecule has 1 atom stereocenters. The van der Waals surface area contributed by atoms with Crippen molar-refractivity contribution >= 4 is 23.1 Å². The molecule has 170 valence electrons. The summed E-state index contributed by atoms with van der Waals surface area (Å²) >= 11 is 0. The molecule has 1 amide bonds. The van der Waals surface area contributed by atoms with Gasteiger partial charge in [0.25, 0.3) is 0 Å². The van der Waals surface area contributed by atoms with Gasteiger partial charge in [0, 0.05) is 63.6 Å². The first-order chi connectivity index (χ1) is 15.4. The summed E-state index contributed by atoms with van der Waals surface area (Å²) in [4.78, 5) is 33.0. The van der Waals surface area contributed by atoms with Crippen molar-refractivity contribution in [1.29, 1.82) is 0 Å². The summed E-state index contributed by atoms with van der Waals surface area (Å²) in [6.45, 7) is 9.24. The van der Waals surface area contributed by atoms with E-state index >= 15 is 0 Å². The highest BCUT2D eigenvalue weighted by Gasteiger charge is 2.31. The van der Waals surface area contributed by atoms with Crippen LogP contribution in [0.2, 0.25) is 0 Å². The van der Waals surface area contributed by atoms with E-state index in [0.29, 0.717) is 37.4 Å². The monoisotopic (exact) mass is 438 g/mol. The smallest absolute Gasteiger partial charge is 0.239 e. The maximum absolute atomic E-state index is 14.5. The summed E-state index contributed by atoms with van der Waals surface area (Å²) in [5, 5.41) is 0. The molecular formula is C25H31FN4O2. The molecule has 2 aromatic carbocycles. The Morgan fingerprint density at radius 1 is 0.844 bits per heavy atom. The maximum Gasteiger partial charge on any atom is 0.239 e. The van der Waals surface area contributed by atoms with Crippen molar-refractivity contribution in [2.75, 3.05) is 62.2 Å². The highest BCUT2D eigenvalue weighted by atomic mass is 19.1. The Balaban J connectivity index is 1.29. The SMILES string of the molecule is CC(=O)c1ccc(N2CCN(C(C)C(=O)N3CCN(c4ccccc4)CC3)CC2)c(F)c1.